The zero-order valence-electron chi connectivity index (χ0n) is 20.4. The zero-order chi connectivity index (χ0) is 26.3. The molecule has 10 nitrogen and oxygen atoms in total. The van der Waals surface area contributed by atoms with Crippen molar-refractivity contribution in [2.75, 3.05) is 13.2 Å². The highest BCUT2D eigenvalue weighted by Crippen LogP contribution is 2.26. The molecule has 4 heterocycles. The van der Waals surface area contributed by atoms with Crippen molar-refractivity contribution < 1.29 is 18.7 Å². The molecule has 1 aliphatic heterocycles. The normalized spacial score (nSPS) is 15.8. The van der Waals surface area contributed by atoms with E-state index in [0.717, 1.165) is 17.7 Å². The molecule has 0 saturated carbocycles. The molecule has 1 aromatic carbocycles. The monoisotopic (exact) mass is 535 g/mol. The third kappa shape index (κ3) is 6.26. The second-order valence-corrected chi connectivity index (χ2v) is 9.85. The minimum absolute atomic E-state index is 0.0391. The van der Waals surface area contributed by atoms with Crippen molar-refractivity contribution in [3.63, 3.8) is 0 Å². The molecule has 196 valence electrons. The second kappa shape index (κ2) is 12.0. The van der Waals surface area contributed by atoms with Crippen molar-refractivity contribution in [2.24, 2.45) is 0 Å². The van der Waals surface area contributed by atoms with E-state index in [1.807, 2.05) is 17.5 Å². The maximum absolute atomic E-state index is 13.7. The molecule has 0 radical (unpaired) electrons. The highest BCUT2D eigenvalue weighted by Gasteiger charge is 2.33. The molecule has 0 aliphatic carbocycles. The summed E-state index contributed by atoms with van der Waals surface area (Å²) in [5.41, 5.74) is 1.21. The van der Waals surface area contributed by atoms with Crippen LogP contribution in [0.4, 0.5) is 4.39 Å². The lowest BCUT2D eigenvalue weighted by Gasteiger charge is -2.31. The van der Waals surface area contributed by atoms with Gasteiger partial charge in [0, 0.05) is 36.0 Å². The number of nitrogens with zero attached hydrogens (tertiary/aromatic N) is 6. The van der Waals surface area contributed by atoms with Gasteiger partial charge in [-0.05, 0) is 71.5 Å². The number of ether oxygens (including phenoxy) is 1. The molecule has 1 fully saturated rings. The van der Waals surface area contributed by atoms with E-state index in [4.69, 9.17) is 4.74 Å². The van der Waals surface area contributed by atoms with Gasteiger partial charge >= 0.3 is 0 Å². The average molecular weight is 536 g/mol. The molecule has 1 saturated heterocycles. The lowest BCUT2D eigenvalue weighted by Crippen LogP contribution is -2.46. The SMILES string of the molecule is O=C(NC[C@H]1CCCO1)[C@H](c1ccncc1)N(Cc1cccs1)C(=O)Cn1nnc(-c2ccc(F)cc2)n1. The molecular weight excluding hydrogens is 509 g/mol. The van der Waals surface area contributed by atoms with Gasteiger partial charge in [-0.25, -0.2) is 4.39 Å². The van der Waals surface area contributed by atoms with Crippen LogP contribution >= 0.6 is 11.3 Å². The summed E-state index contributed by atoms with van der Waals surface area (Å²) in [5.74, 6) is -0.784. The molecular formula is C26H26FN7O3S. The molecule has 0 bridgehead atoms. The van der Waals surface area contributed by atoms with Crippen LogP contribution in [0.5, 0.6) is 0 Å². The molecule has 0 spiro atoms. The molecule has 3 aromatic heterocycles. The summed E-state index contributed by atoms with van der Waals surface area (Å²) in [7, 11) is 0. The summed E-state index contributed by atoms with van der Waals surface area (Å²) >= 11 is 1.50. The van der Waals surface area contributed by atoms with Crippen LogP contribution in [0, 0.1) is 5.82 Å². The Morgan fingerprint density at radius 2 is 2.00 bits per heavy atom. The lowest BCUT2D eigenvalue weighted by atomic mass is 10.0. The van der Waals surface area contributed by atoms with Crippen LogP contribution in [-0.4, -0.2) is 61.2 Å². The van der Waals surface area contributed by atoms with Crippen LogP contribution in [0.2, 0.25) is 0 Å². The van der Waals surface area contributed by atoms with Gasteiger partial charge in [-0.15, -0.1) is 21.5 Å². The molecule has 38 heavy (non-hydrogen) atoms. The van der Waals surface area contributed by atoms with E-state index in [2.05, 4.69) is 25.7 Å². The van der Waals surface area contributed by atoms with Gasteiger partial charge in [0.2, 0.25) is 17.6 Å². The van der Waals surface area contributed by atoms with Crippen molar-refractivity contribution in [2.45, 2.75) is 38.1 Å². The summed E-state index contributed by atoms with van der Waals surface area (Å²) < 4.78 is 18.9. The van der Waals surface area contributed by atoms with Crippen LogP contribution in [0.15, 0.2) is 66.3 Å². The number of aromatic nitrogens is 5. The molecule has 5 rings (SSSR count). The van der Waals surface area contributed by atoms with E-state index in [9.17, 15) is 14.0 Å². The van der Waals surface area contributed by atoms with Crippen LogP contribution in [0.3, 0.4) is 0 Å². The molecule has 4 aromatic rings. The van der Waals surface area contributed by atoms with E-state index >= 15 is 0 Å². The highest BCUT2D eigenvalue weighted by molar-refractivity contribution is 7.09. The summed E-state index contributed by atoms with van der Waals surface area (Å²) in [6.45, 7) is 1.03. The first-order chi connectivity index (χ1) is 18.6. The van der Waals surface area contributed by atoms with Crippen molar-refractivity contribution >= 4 is 23.2 Å². The fourth-order valence-electron chi connectivity index (χ4n) is 4.27. The van der Waals surface area contributed by atoms with Gasteiger partial charge in [0.15, 0.2) is 0 Å². The van der Waals surface area contributed by atoms with Crippen molar-refractivity contribution in [1.82, 2.24) is 35.4 Å². The number of amides is 2. The van der Waals surface area contributed by atoms with E-state index < -0.39 is 6.04 Å². The minimum atomic E-state index is -0.908. The molecule has 1 aliphatic rings. The molecule has 0 unspecified atom stereocenters. The number of nitrogens with one attached hydrogen (secondary N) is 1. The van der Waals surface area contributed by atoms with Crippen LogP contribution in [0.1, 0.15) is 29.3 Å². The summed E-state index contributed by atoms with van der Waals surface area (Å²) in [6.07, 6.45) is 4.99. The summed E-state index contributed by atoms with van der Waals surface area (Å²) in [5, 5.41) is 17.2. The topological polar surface area (TPSA) is 115 Å². The number of hydrogen-bond donors (Lipinski definition) is 1. The summed E-state index contributed by atoms with van der Waals surface area (Å²) in [6, 6.07) is 12.1. The smallest absolute Gasteiger partial charge is 0.247 e. The Morgan fingerprint density at radius 3 is 2.71 bits per heavy atom. The fourth-order valence-corrected chi connectivity index (χ4v) is 4.97. The Kier molecular flexibility index (Phi) is 8.09. The van der Waals surface area contributed by atoms with E-state index in [1.165, 1.54) is 33.2 Å². The maximum atomic E-state index is 13.7. The first-order valence-electron chi connectivity index (χ1n) is 12.2. The third-order valence-corrected chi connectivity index (χ3v) is 7.03. The first-order valence-corrected chi connectivity index (χ1v) is 13.1. The van der Waals surface area contributed by atoms with Crippen molar-refractivity contribution in [3.8, 4) is 11.4 Å². The number of carbonyl (C=O) groups is 2. The third-order valence-electron chi connectivity index (χ3n) is 6.17. The van der Waals surface area contributed by atoms with Gasteiger partial charge in [-0.3, -0.25) is 14.6 Å². The largest absolute Gasteiger partial charge is 0.376 e. The number of thiophene rings is 1. The van der Waals surface area contributed by atoms with Gasteiger partial charge in [0.05, 0.1) is 12.6 Å². The molecule has 2 amide bonds. The average Bonchev–Trinajstić information content (AvgIpc) is 3.72. The van der Waals surface area contributed by atoms with Crippen molar-refractivity contribution in [1.29, 1.82) is 0 Å². The Labute approximate surface area is 222 Å². The minimum Gasteiger partial charge on any atom is -0.376 e. The molecule has 12 heteroatoms. The lowest BCUT2D eigenvalue weighted by molar-refractivity contribution is -0.142. The number of tetrazole rings is 1. The van der Waals surface area contributed by atoms with Crippen molar-refractivity contribution in [3.05, 3.63) is 82.6 Å². The Morgan fingerprint density at radius 1 is 1.18 bits per heavy atom. The fraction of sp³-hybridized carbons (Fsp3) is 0.308. The van der Waals surface area contributed by atoms with Crippen LogP contribution in [0.25, 0.3) is 11.4 Å². The number of hydrogen-bond acceptors (Lipinski definition) is 8. The number of pyridine rings is 1. The number of benzene rings is 1. The Bertz CT molecular complexity index is 1340. The number of rotatable bonds is 10. The quantitative estimate of drug-likeness (QED) is 0.332. The Balaban J connectivity index is 1.40. The second-order valence-electron chi connectivity index (χ2n) is 8.81. The van der Waals surface area contributed by atoms with E-state index in [0.29, 0.717) is 24.3 Å². The van der Waals surface area contributed by atoms with Gasteiger partial charge < -0.3 is 15.0 Å². The number of halogens is 1. The maximum Gasteiger partial charge on any atom is 0.247 e. The first kappa shape index (κ1) is 25.6. The summed E-state index contributed by atoms with van der Waals surface area (Å²) in [4.78, 5) is 35.0. The Hall–Kier alpha value is -4.03. The highest BCUT2D eigenvalue weighted by atomic mass is 32.1. The predicted octanol–water partition coefficient (Wildman–Crippen LogP) is 3.00. The zero-order valence-corrected chi connectivity index (χ0v) is 21.3. The van der Waals surface area contributed by atoms with Gasteiger partial charge in [0.1, 0.15) is 18.4 Å². The number of carbonyl (C=O) groups excluding carboxylic acids is 2. The van der Waals surface area contributed by atoms with Gasteiger partial charge in [0.25, 0.3) is 0 Å². The van der Waals surface area contributed by atoms with E-state index in [1.54, 1.807) is 36.7 Å². The van der Waals surface area contributed by atoms with E-state index in [-0.39, 0.29) is 42.6 Å². The standard InChI is InChI=1S/C26H26FN7O3S/c27-20-7-5-19(6-8-20)25-30-32-34(31-25)17-23(35)33(16-22-4-2-14-38-22)24(18-9-11-28-12-10-18)26(36)29-15-21-3-1-13-37-21/h2,4-12,14,21,24H,1,3,13,15-17H2,(H,29,36)/t21-,24+/m1/s1. The predicted molar refractivity (Wildman–Crippen MR) is 137 cm³/mol. The van der Waals surface area contributed by atoms with Gasteiger partial charge in [-0.2, -0.15) is 4.80 Å². The molecule has 2 atom stereocenters. The van der Waals surface area contributed by atoms with Crippen LogP contribution < -0.4 is 5.32 Å². The molecule has 1 N–H and O–H groups in total. The van der Waals surface area contributed by atoms with Crippen LogP contribution in [-0.2, 0) is 27.4 Å². The van der Waals surface area contributed by atoms with Gasteiger partial charge in [-0.1, -0.05) is 6.07 Å².